The maximum atomic E-state index is 14.3. The van der Waals surface area contributed by atoms with Gasteiger partial charge in [-0.05, 0) is 46.3 Å². The van der Waals surface area contributed by atoms with Crippen LogP contribution in [0.5, 0.6) is 0 Å². The lowest BCUT2D eigenvalue weighted by Crippen LogP contribution is -2.31. The topological polar surface area (TPSA) is 38.5 Å². The second-order valence-corrected chi connectivity index (χ2v) is 5.83. The minimum absolute atomic E-state index is 0.234. The van der Waals surface area contributed by atoms with Gasteiger partial charge in [0.25, 0.3) is 0 Å². The fraction of sp³-hybridized carbons (Fsp3) is 0.571. The Morgan fingerprint density at radius 3 is 2.95 bits per heavy atom. The number of rotatable bonds is 4. The maximum absolute atomic E-state index is 14.3. The van der Waals surface area contributed by atoms with Gasteiger partial charge in [-0.25, -0.2) is 4.39 Å². The quantitative estimate of drug-likeness (QED) is 0.922. The SMILES string of the molecule is CN(CC1CCCOC1)c1ccc(CN)c(Br)c1F. The third-order valence-corrected chi connectivity index (χ3v) is 4.42. The summed E-state index contributed by atoms with van der Waals surface area (Å²) in [5.41, 5.74) is 6.96. The first-order valence-corrected chi connectivity index (χ1v) is 7.38. The molecule has 19 heavy (non-hydrogen) atoms. The molecule has 1 heterocycles. The summed E-state index contributed by atoms with van der Waals surface area (Å²) in [5.74, 6) is 0.244. The van der Waals surface area contributed by atoms with Gasteiger partial charge >= 0.3 is 0 Å². The van der Waals surface area contributed by atoms with Crippen LogP contribution in [0.25, 0.3) is 0 Å². The van der Waals surface area contributed by atoms with Crippen LogP contribution in [-0.4, -0.2) is 26.8 Å². The Balaban J connectivity index is 2.10. The largest absolute Gasteiger partial charge is 0.381 e. The normalized spacial score (nSPS) is 19.5. The first-order chi connectivity index (χ1) is 9.13. The lowest BCUT2D eigenvalue weighted by atomic mass is 10.0. The number of hydrogen-bond donors (Lipinski definition) is 1. The van der Waals surface area contributed by atoms with E-state index < -0.39 is 0 Å². The molecule has 1 aliphatic rings. The molecule has 106 valence electrons. The van der Waals surface area contributed by atoms with Gasteiger partial charge in [-0.3, -0.25) is 0 Å². The predicted octanol–water partition coefficient (Wildman–Crippen LogP) is 2.91. The van der Waals surface area contributed by atoms with Crippen LogP contribution in [0.2, 0.25) is 0 Å². The van der Waals surface area contributed by atoms with Crippen LogP contribution in [0.3, 0.4) is 0 Å². The zero-order chi connectivity index (χ0) is 13.8. The monoisotopic (exact) mass is 330 g/mol. The second kappa shape index (κ2) is 6.68. The molecule has 0 bridgehead atoms. The molecule has 1 saturated heterocycles. The Morgan fingerprint density at radius 2 is 2.32 bits per heavy atom. The first kappa shape index (κ1) is 14.8. The van der Waals surface area contributed by atoms with Crippen LogP contribution in [0, 0.1) is 11.7 Å². The van der Waals surface area contributed by atoms with Crippen molar-refractivity contribution in [3.05, 3.63) is 28.0 Å². The second-order valence-electron chi connectivity index (χ2n) is 5.04. The number of nitrogens with zero attached hydrogens (tertiary/aromatic N) is 1. The van der Waals surface area contributed by atoms with Crippen LogP contribution in [0.4, 0.5) is 10.1 Å². The Bertz CT molecular complexity index is 436. The molecule has 1 aromatic carbocycles. The fourth-order valence-corrected chi connectivity index (χ4v) is 2.97. The predicted molar refractivity (Wildman–Crippen MR) is 78.8 cm³/mol. The molecule has 3 nitrogen and oxygen atoms in total. The lowest BCUT2D eigenvalue weighted by molar-refractivity contribution is 0.0576. The van der Waals surface area contributed by atoms with Crippen molar-refractivity contribution in [2.24, 2.45) is 11.7 Å². The van der Waals surface area contributed by atoms with Crippen molar-refractivity contribution in [1.29, 1.82) is 0 Å². The van der Waals surface area contributed by atoms with Crippen molar-refractivity contribution in [2.75, 3.05) is 31.7 Å². The molecule has 1 fully saturated rings. The summed E-state index contributed by atoms with van der Waals surface area (Å²) in [5, 5.41) is 0. The van der Waals surface area contributed by atoms with Gasteiger partial charge in [0.1, 0.15) is 0 Å². The zero-order valence-electron chi connectivity index (χ0n) is 11.2. The number of halogens is 2. The van der Waals surface area contributed by atoms with E-state index in [1.807, 2.05) is 18.0 Å². The molecular formula is C14H20BrFN2O. The maximum Gasteiger partial charge on any atom is 0.160 e. The Kier molecular flexibility index (Phi) is 5.19. The summed E-state index contributed by atoms with van der Waals surface area (Å²) < 4.78 is 20.2. The molecule has 0 aromatic heterocycles. The minimum Gasteiger partial charge on any atom is -0.381 e. The third-order valence-electron chi connectivity index (χ3n) is 3.56. The molecule has 1 unspecified atom stereocenters. The summed E-state index contributed by atoms with van der Waals surface area (Å²) in [6, 6.07) is 3.67. The van der Waals surface area contributed by atoms with Crippen molar-refractivity contribution in [2.45, 2.75) is 19.4 Å². The molecule has 2 rings (SSSR count). The molecule has 0 spiro atoms. The third kappa shape index (κ3) is 3.46. The highest BCUT2D eigenvalue weighted by atomic mass is 79.9. The van der Waals surface area contributed by atoms with Crippen LogP contribution >= 0.6 is 15.9 Å². The molecule has 0 amide bonds. The van der Waals surface area contributed by atoms with Crippen molar-refractivity contribution in [3.63, 3.8) is 0 Å². The number of anilines is 1. The van der Waals surface area contributed by atoms with Gasteiger partial charge in [-0.15, -0.1) is 0 Å². The fourth-order valence-electron chi connectivity index (χ4n) is 2.47. The first-order valence-electron chi connectivity index (χ1n) is 6.59. The van der Waals surface area contributed by atoms with Crippen molar-refractivity contribution >= 4 is 21.6 Å². The average molecular weight is 331 g/mol. The molecule has 0 radical (unpaired) electrons. The van der Waals surface area contributed by atoms with Crippen LogP contribution < -0.4 is 10.6 Å². The Morgan fingerprint density at radius 1 is 1.53 bits per heavy atom. The average Bonchev–Trinajstić information content (AvgIpc) is 2.42. The van der Waals surface area contributed by atoms with E-state index in [4.69, 9.17) is 10.5 Å². The molecule has 0 aliphatic carbocycles. The van der Waals surface area contributed by atoms with Gasteiger partial charge in [0.15, 0.2) is 5.82 Å². The smallest absolute Gasteiger partial charge is 0.160 e. The number of nitrogens with two attached hydrogens (primary N) is 1. The van der Waals surface area contributed by atoms with Gasteiger partial charge in [0, 0.05) is 26.7 Å². The molecule has 1 atom stereocenters. The standard InChI is InChI=1S/C14H20BrFN2O/c1-18(8-10-3-2-6-19-9-10)12-5-4-11(7-17)13(15)14(12)16/h4-5,10H,2-3,6-9,17H2,1H3. The summed E-state index contributed by atoms with van der Waals surface area (Å²) in [4.78, 5) is 1.96. The highest BCUT2D eigenvalue weighted by Crippen LogP contribution is 2.29. The Labute approximate surface area is 122 Å². The van der Waals surface area contributed by atoms with E-state index in [0.717, 1.165) is 38.2 Å². The van der Waals surface area contributed by atoms with Gasteiger partial charge in [0.2, 0.25) is 0 Å². The lowest BCUT2D eigenvalue weighted by Gasteiger charge is -2.29. The summed E-state index contributed by atoms with van der Waals surface area (Å²) >= 11 is 3.28. The number of benzene rings is 1. The minimum atomic E-state index is -0.234. The molecule has 5 heteroatoms. The molecule has 2 N–H and O–H groups in total. The van der Waals surface area contributed by atoms with E-state index in [0.29, 0.717) is 22.6 Å². The van der Waals surface area contributed by atoms with Crippen molar-refractivity contribution in [1.82, 2.24) is 0 Å². The van der Waals surface area contributed by atoms with Gasteiger partial charge < -0.3 is 15.4 Å². The van der Waals surface area contributed by atoms with E-state index in [9.17, 15) is 4.39 Å². The number of ether oxygens (including phenoxy) is 1. The van der Waals surface area contributed by atoms with Crippen LogP contribution in [0.1, 0.15) is 18.4 Å². The molecular weight excluding hydrogens is 311 g/mol. The van der Waals surface area contributed by atoms with E-state index in [1.54, 1.807) is 6.07 Å². The molecule has 1 aromatic rings. The Hall–Kier alpha value is -0.650. The van der Waals surface area contributed by atoms with E-state index in [2.05, 4.69) is 15.9 Å². The summed E-state index contributed by atoms with van der Waals surface area (Å²) in [6.45, 7) is 2.77. The van der Waals surface area contributed by atoms with E-state index >= 15 is 0 Å². The highest BCUT2D eigenvalue weighted by Gasteiger charge is 2.19. The van der Waals surface area contributed by atoms with Crippen LogP contribution in [-0.2, 0) is 11.3 Å². The van der Waals surface area contributed by atoms with Gasteiger partial charge in [-0.2, -0.15) is 0 Å². The van der Waals surface area contributed by atoms with Gasteiger partial charge in [-0.1, -0.05) is 6.07 Å². The van der Waals surface area contributed by atoms with E-state index in [1.165, 1.54) is 0 Å². The van der Waals surface area contributed by atoms with E-state index in [-0.39, 0.29) is 5.82 Å². The van der Waals surface area contributed by atoms with Crippen molar-refractivity contribution in [3.8, 4) is 0 Å². The zero-order valence-corrected chi connectivity index (χ0v) is 12.7. The summed E-state index contributed by atoms with van der Waals surface area (Å²) in [6.07, 6.45) is 2.24. The number of hydrogen-bond acceptors (Lipinski definition) is 3. The van der Waals surface area contributed by atoms with Gasteiger partial charge in [0.05, 0.1) is 16.8 Å². The molecule has 0 saturated carbocycles. The summed E-state index contributed by atoms with van der Waals surface area (Å²) in [7, 11) is 1.92. The molecule has 1 aliphatic heterocycles. The van der Waals surface area contributed by atoms with Crippen molar-refractivity contribution < 1.29 is 9.13 Å². The van der Waals surface area contributed by atoms with Crippen LogP contribution in [0.15, 0.2) is 16.6 Å². The highest BCUT2D eigenvalue weighted by molar-refractivity contribution is 9.10.